The van der Waals surface area contributed by atoms with Gasteiger partial charge in [-0.3, -0.25) is 4.79 Å². The van der Waals surface area contributed by atoms with Crippen molar-refractivity contribution in [1.82, 2.24) is 10.2 Å². The molecule has 0 aliphatic heterocycles. The third-order valence-corrected chi connectivity index (χ3v) is 5.66. The van der Waals surface area contributed by atoms with Crippen LogP contribution >= 0.6 is 23.4 Å². The monoisotopic (exact) mass is 415 g/mol. The van der Waals surface area contributed by atoms with E-state index in [1.165, 1.54) is 11.8 Å². The number of hydrogen-bond donors (Lipinski definition) is 1. The molecule has 28 heavy (non-hydrogen) atoms. The van der Waals surface area contributed by atoms with Gasteiger partial charge in [0, 0.05) is 16.3 Å². The molecular formula is C21H22ClN3O2S. The van der Waals surface area contributed by atoms with Crippen LogP contribution in [0.2, 0.25) is 5.02 Å². The summed E-state index contributed by atoms with van der Waals surface area (Å²) in [6, 6.07) is 15.1. The smallest absolute Gasteiger partial charge is 0.277 e. The largest absolute Gasteiger partial charge is 0.411 e. The number of hydrogen-bond acceptors (Lipinski definition) is 5. The van der Waals surface area contributed by atoms with Crippen LogP contribution in [0.3, 0.4) is 0 Å². The quantitative estimate of drug-likeness (QED) is 0.477. The molecule has 3 rings (SSSR count). The van der Waals surface area contributed by atoms with Crippen molar-refractivity contribution >= 4 is 35.0 Å². The molecule has 1 heterocycles. The molecule has 2 atom stereocenters. The first kappa shape index (κ1) is 20.4. The molecular weight excluding hydrogens is 394 g/mol. The first-order valence-corrected chi connectivity index (χ1v) is 10.4. The molecule has 5 nitrogen and oxygen atoms in total. The number of amides is 1. The van der Waals surface area contributed by atoms with Crippen LogP contribution in [-0.4, -0.2) is 21.4 Å². The summed E-state index contributed by atoms with van der Waals surface area (Å²) in [5.41, 5.74) is 2.72. The Hall–Kier alpha value is -2.31. The van der Waals surface area contributed by atoms with Crippen LogP contribution < -0.4 is 5.32 Å². The summed E-state index contributed by atoms with van der Waals surface area (Å²) in [4.78, 5) is 12.7. The minimum absolute atomic E-state index is 0.108. The molecule has 0 saturated carbocycles. The Labute approximate surface area is 173 Å². The van der Waals surface area contributed by atoms with Crippen molar-refractivity contribution < 1.29 is 9.21 Å². The van der Waals surface area contributed by atoms with E-state index in [4.69, 9.17) is 16.0 Å². The third-order valence-electron chi connectivity index (χ3n) is 4.49. The van der Waals surface area contributed by atoms with E-state index in [1.54, 1.807) is 12.1 Å². The highest BCUT2D eigenvalue weighted by Crippen LogP contribution is 2.30. The lowest BCUT2D eigenvalue weighted by molar-refractivity contribution is -0.115. The van der Waals surface area contributed by atoms with Crippen LogP contribution in [0.15, 0.2) is 58.2 Å². The highest BCUT2D eigenvalue weighted by molar-refractivity contribution is 8.00. The van der Waals surface area contributed by atoms with Crippen LogP contribution in [0.1, 0.15) is 38.7 Å². The number of aromatic nitrogens is 2. The predicted molar refractivity (Wildman–Crippen MR) is 114 cm³/mol. The Morgan fingerprint density at radius 1 is 1.18 bits per heavy atom. The summed E-state index contributed by atoms with van der Waals surface area (Å²) in [5, 5.41) is 11.6. The second kappa shape index (κ2) is 9.26. The van der Waals surface area contributed by atoms with E-state index in [2.05, 4.69) is 35.4 Å². The number of benzene rings is 2. The number of carbonyl (C=O) groups is 1. The Morgan fingerprint density at radius 3 is 2.71 bits per heavy atom. The van der Waals surface area contributed by atoms with Gasteiger partial charge in [-0.15, -0.1) is 10.2 Å². The number of anilines is 1. The number of rotatable bonds is 7. The van der Waals surface area contributed by atoms with E-state index in [0.29, 0.717) is 22.1 Å². The standard InChI is InChI=1S/C21H22ClN3O2S/c1-4-13(2)17-10-5-6-11-18(17)23-19(26)14(3)28-21-25-24-20(27-21)15-8-7-9-16(22)12-15/h5-14H,4H2,1-3H3,(H,23,26)/t13-,14-/m1/s1. The molecule has 1 N–H and O–H groups in total. The van der Waals surface area contributed by atoms with Crippen LogP contribution in [0.5, 0.6) is 0 Å². The zero-order valence-electron chi connectivity index (χ0n) is 16.0. The van der Waals surface area contributed by atoms with Gasteiger partial charge in [0.1, 0.15) is 0 Å². The molecule has 0 spiro atoms. The van der Waals surface area contributed by atoms with Gasteiger partial charge in [0.25, 0.3) is 5.22 Å². The molecule has 0 bridgehead atoms. The van der Waals surface area contributed by atoms with Gasteiger partial charge in [0.2, 0.25) is 11.8 Å². The SMILES string of the molecule is CC[C@@H](C)c1ccccc1NC(=O)[C@@H](C)Sc1nnc(-c2cccc(Cl)c2)o1. The molecule has 0 aliphatic carbocycles. The molecule has 0 unspecified atom stereocenters. The van der Waals surface area contributed by atoms with Crippen molar-refractivity contribution in [3.8, 4) is 11.5 Å². The minimum Gasteiger partial charge on any atom is -0.411 e. The van der Waals surface area contributed by atoms with E-state index < -0.39 is 5.25 Å². The Balaban J connectivity index is 1.67. The van der Waals surface area contributed by atoms with Crippen LogP contribution in [0, 0.1) is 0 Å². The van der Waals surface area contributed by atoms with Gasteiger partial charge in [0.15, 0.2) is 0 Å². The number of para-hydroxylation sites is 1. The summed E-state index contributed by atoms with van der Waals surface area (Å²) in [5.74, 6) is 0.638. The van der Waals surface area contributed by atoms with Crippen molar-refractivity contribution in [2.45, 2.75) is 43.6 Å². The van der Waals surface area contributed by atoms with E-state index in [0.717, 1.165) is 23.2 Å². The highest BCUT2D eigenvalue weighted by Gasteiger charge is 2.20. The summed E-state index contributed by atoms with van der Waals surface area (Å²) in [6.45, 7) is 6.10. The lowest BCUT2D eigenvalue weighted by Gasteiger charge is -2.17. The van der Waals surface area contributed by atoms with E-state index in [-0.39, 0.29) is 5.91 Å². The molecule has 0 aliphatic rings. The van der Waals surface area contributed by atoms with Gasteiger partial charge in [-0.05, 0) is 49.1 Å². The average molecular weight is 416 g/mol. The van der Waals surface area contributed by atoms with Crippen LogP contribution in [-0.2, 0) is 4.79 Å². The lowest BCUT2D eigenvalue weighted by atomic mass is 9.97. The van der Waals surface area contributed by atoms with Gasteiger partial charge in [-0.1, -0.05) is 61.5 Å². The van der Waals surface area contributed by atoms with Crippen molar-refractivity contribution in [2.75, 3.05) is 5.32 Å². The maximum atomic E-state index is 12.7. The number of halogens is 1. The van der Waals surface area contributed by atoms with Gasteiger partial charge >= 0.3 is 0 Å². The maximum Gasteiger partial charge on any atom is 0.277 e. The third kappa shape index (κ3) is 4.94. The first-order valence-electron chi connectivity index (χ1n) is 9.13. The maximum absolute atomic E-state index is 12.7. The van der Waals surface area contributed by atoms with Gasteiger partial charge < -0.3 is 9.73 Å². The van der Waals surface area contributed by atoms with Crippen molar-refractivity contribution in [2.24, 2.45) is 0 Å². The lowest BCUT2D eigenvalue weighted by Crippen LogP contribution is -2.23. The summed E-state index contributed by atoms with van der Waals surface area (Å²) >= 11 is 7.23. The topological polar surface area (TPSA) is 68.0 Å². The van der Waals surface area contributed by atoms with E-state index in [1.807, 2.05) is 37.3 Å². The van der Waals surface area contributed by atoms with Crippen molar-refractivity contribution in [1.29, 1.82) is 0 Å². The van der Waals surface area contributed by atoms with Gasteiger partial charge in [-0.25, -0.2) is 0 Å². The number of nitrogens with one attached hydrogen (secondary N) is 1. The predicted octanol–water partition coefficient (Wildman–Crippen LogP) is 6.02. The fraction of sp³-hybridized carbons (Fsp3) is 0.286. The zero-order chi connectivity index (χ0) is 20.1. The fourth-order valence-corrected chi connectivity index (χ4v) is 3.57. The Kier molecular flexibility index (Phi) is 6.75. The summed E-state index contributed by atoms with van der Waals surface area (Å²) in [6.07, 6.45) is 1.01. The molecule has 0 fully saturated rings. The fourth-order valence-electron chi connectivity index (χ4n) is 2.70. The van der Waals surface area contributed by atoms with Crippen LogP contribution in [0.4, 0.5) is 5.69 Å². The second-order valence-corrected chi connectivity index (χ2v) is 8.26. The van der Waals surface area contributed by atoms with Crippen molar-refractivity contribution in [3.63, 3.8) is 0 Å². The van der Waals surface area contributed by atoms with Crippen LogP contribution in [0.25, 0.3) is 11.5 Å². The summed E-state index contributed by atoms with van der Waals surface area (Å²) in [7, 11) is 0. The van der Waals surface area contributed by atoms with E-state index in [9.17, 15) is 4.79 Å². The number of nitrogens with zero attached hydrogens (tertiary/aromatic N) is 2. The Morgan fingerprint density at radius 2 is 1.96 bits per heavy atom. The first-order chi connectivity index (χ1) is 13.5. The second-order valence-electron chi connectivity index (χ2n) is 6.53. The molecule has 3 aromatic rings. The average Bonchev–Trinajstić information content (AvgIpc) is 3.16. The molecule has 0 saturated heterocycles. The summed E-state index contributed by atoms with van der Waals surface area (Å²) < 4.78 is 5.68. The normalized spacial score (nSPS) is 13.1. The van der Waals surface area contributed by atoms with Gasteiger partial charge in [-0.2, -0.15) is 0 Å². The molecule has 0 radical (unpaired) electrons. The van der Waals surface area contributed by atoms with E-state index >= 15 is 0 Å². The van der Waals surface area contributed by atoms with Gasteiger partial charge in [0.05, 0.1) is 5.25 Å². The minimum atomic E-state index is -0.391. The highest BCUT2D eigenvalue weighted by atomic mass is 35.5. The molecule has 146 valence electrons. The number of carbonyl (C=O) groups excluding carboxylic acids is 1. The Bertz CT molecular complexity index is 960. The molecule has 7 heteroatoms. The zero-order valence-corrected chi connectivity index (χ0v) is 17.6. The molecule has 1 aromatic heterocycles. The molecule has 2 aromatic carbocycles. The molecule has 1 amide bonds. The van der Waals surface area contributed by atoms with Crippen molar-refractivity contribution in [3.05, 3.63) is 59.1 Å². The number of thioether (sulfide) groups is 1.